The number of hydrogen-bond acceptors (Lipinski definition) is 4. The number of carboxylic acids is 1. The second-order valence-corrected chi connectivity index (χ2v) is 7.94. The molecule has 23 heavy (non-hydrogen) atoms. The average Bonchev–Trinajstić information content (AvgIpc) is 2.84. The van der Waals surface area contributed by atoms with E-state index in [1.807, 2.05) is 24.3 Å². The van der Waals surface area contributed by atoms with Crippen molar-refractivity contribution in [3.63, 3.8) is 0 Å². The lowest BCUT2D eigenvalue weighted by Crippen LogP contribution is -2.51. The lowest BCUT2D eigenvalue weighted by atomic mass is 9.94. The number of aliphatic carboxylic acids is 1. The van der Waals surface area contributed by atoms with Gasteiger partial charge >= 0.3 is 5.97 Å². The molecule has 7 nitrogen and oxygen atoms in total. The molecule has 0 spiro atoms. The molecule has 1 aromatic carbocycles. The van der Waals surface area contributed by atoms with E-state index in [0.717, 1.165) is 15.4 Å². The van der Waals surface area contributed by atoms with E-state index in [1.165, 1.54) is 4.90 Å². The lowest BCUT2D eigenvalue weighted by molar-refractivity contribution is -0.151. The third kappa shape index (κ3) is 3.09. The third-order valence-corrected chi connectivity index (χ3v) is 6.27. The Kier molecular flexibility index (Phi) is 4.11. The van der Waals surface area contributed by atoms with E-state index in [9.17, 15) is 23.1 Å². The van der Waals surface area contributed by atoms with Crippen molar-refractivity contribution < 1.29 is 23.1 Å². The highest BCUT2D eigenvalue weighted by Gasteiger charge is 2.37. The predicted octanol–water partition coefficient (Wildman–Crippen LogP) is 0.0600. The third-order valence-electron chi connectivity index (χ3n) is 4.37. The summed E-state index contributed by atoms with van der Waals surface area (Å²) in [6.07, 6.45) is 0.741. The van der Waals surface area contributed by atoms with Gasteiger partial charge in [0.1, 0.15) is 6.04 Å². The lowest BCUT2D eigenvalue weighted by Gasteiger charge is -2.35. The smallest absolute Gasteiger partial charge is 0.326 e. The first-order chi connectivity index (χ1) is 10.9. The van der Waals surface area contributed by atoms with Crippen LogP contribution in [0.4, 0.5) is 0 Å². The van der Waals surface area contributed by atoms with Gasteiger partial charge in [0.15, 0.2) is 0 Å². The molecule has 1 N–H and O–H groups in total. The molecule has 0 aromatic heterocycles. The van der Waals surface area contributed by atoms with Crippen LogP contribution >= 0.6 is 0 Å². The Morgan fingerprint density at radius 1 is 1.22 bits per heavy atom. The minimum absolute atomic E-state index is 0.0471. The van der Waals surface area contributed by atoms with E-state index in [1.54, 1.807) is 0 Å². The summed E-state index contributed by atoms with van der Waals surface area (Å²) in [5, 5.41) is 9.42. The van der Waals surface area contributed by atoms with Crippen LogP contribution in [0.25, 0.3) is 0 Å². The number of carbonyl (C=O) groups is 2. The van der Waals surface area contributed by atoms with Crippen molar-refractivity contribution in [1.29, 1.82) is 0 Å². The molecule has 1 atom stereocenters. The van der Waals surface area contributed by atoms with E-state index >= 15 is 0 Å². The van der Waals surface area contributed by atoms with Gasteiger partial charge in [0, 0.05) is 19.5 Å². The molecular weight excluding hydrogens is 320 g/mol. The highest BCUT2D eigenvalue weighted by atomic mass is 32.2. The Morgan fingerprint density at radius 2 is 1.91 bits per heavy atom. The van der Waals surface area contributed by atoms with Crippen molar-refractivity contribution in [1.82, 2.24) is 9.21 Å². The molecule has 1 fully saturated rings. The first-order valence-corrected chi connectivity index (χ1v) is 9.06. The van der Waals surface area contributed by atoms with Crippen LogP contribution in [0.5, 0.6) is 0 Å². The Hall–Kier alpha value is -1.93. The van der Waals surface area contributed by atoms with Crippen LogP contribution in [0.15, 0.2) is 24.3 Å². The van der Waals surface area contributed by atoms with Crippen molar-refractivity contribution in [2.75, 3.05) is 18.8 Å². The first-order valence-electron chi connectivity index (χ1n) is 7.45. The summed E-state index contributed by atoms with van der Waals surface area (Å²) in [7, 11) is -3.38. The molecule has 124 valence electrons. The molecule has 2 aliphatic rings. The SMILES string of the molecule is O=C(O)[C@H]1Cc2ccccc2CN1C(=O)CN1CCCS1(=O)=O. The summed E-state index contributed by atoms with van der Waals surface area (Å²) in [5.41, 5.74) is 1.82. The van der Waals surface area contributed by atoms with E-state index in [2.05, 4.69) is 0 Å². The van der Waals surface area contributed by atoms with Crippen LogP contribution in [0.2, 0.25) is 0 Å². The molecule has 2 heterocycles. The fourth-order valence-corrected chi connectivity index (χ4v) is 4.58. The van der Waals surface area contributed by atoms with Gasteiger partial charge in [0.05, 0.1) is 12.3 Å². The van der Waals surface area contributed by atoms with E-state index in [-0.39, 0.29) is 25.3 Å². The van der Waals surface area contributed by atoms with Crippen molar-refractivity contribution in [3.8, 4) is 0 Å². The van der Waals surface area contributed by atoms with E-state index < -0.39 is 27.9 Å². The largest absolute Gasteiger partial charge is 0.480 e. The number of fused-ring (bicyclic) bond motifs is 1. The summed E-state index contributed by atoms with van der Waals surface area (Å²) in [5.74, 6) is -1.49. The quantitative estimate of drug-likeness (QED) is 0.841. The highest BCUT2D eigenvalue weighted by Crippen LogP contribution is 2.24. The molecule has 1 aromatic rings. The number of carbonyl (C=O) groups excluding carboxylic acids is 1. The van der Waals surface area contributed by atoms with Crippen LogP contribution in [0, 0.1) is 0 Å². The van der Waals surface area contributed by atoms with Crippen molar-refractivity contribution in [3.05, 3.63) is 35.4 Å². The standard InChI is InChI=1S/C15H18N2O5S/c18-14(10-16-6-3-7-23(16,21)22)17-9-12-5-2-1-4-11(12)8-13(17)15(19)20/h1-2,4-5,13H,3,6-10H2,(H,19,20)/t13-/m1/s1. The van der Waals surface area contributed by atoms with Crippen LogP contribution in [-0.2, 0) is 32.6 Å². The normalized spacial score (nSPS) is 23.5. The maximum Gasteiger partial charge on any atom is 0.326 e. The number of carboxylic acid groups (broad SMARTS) is 1. The van der Waals surface area contributed by atoms with Gasteiger partial charge in [-0.1, -0.05) is 24.3 Å². The number of nitrogens with zero attached hydrogens (tertiary/aromatic N) is 2. The molecule has 1 amide bonds. The molecular formula is C15H18N2O5S. The van der Waals surface area contributed by atoms with Crippen LogP contribution < -0.4 is 0 Å². The van der Waals surface area contributed by atoms with Gasteiger partial charge in [0.2, 0.25) is 15.9 Å². The van der Waals surface area contributed by atoms with Crippen LogP contribution in [0.1, 0.15) is 17.5 Å². The fourth-order valence-electron chi connectivity index (χ4n) is 3.12. The van der Waals surface area contributed by atoms with E-state index in [0.29, 0.717) is 13.0 Å². The van der Waals surface area contributed by atoms with Crippen LogP contribution in [-0.4, -0.2) is 59.5 Å². The average molecular weight is 338 g/mol. The predicted molar refractivity (Wildman–Crippen MR) is 82.1 cm³/mol. The second kappa shape index (κ2) is 5.93. The molecule has 1 saturated heterocycles. The van der Waals surface area contributed by atoms with Crippen molar-refractivity contribution in [2.24, 2.45) is 0 Å². The Balaban J connectivity index is 1.82. The number of amides is 1. The summed E-state index contributed by atoms with van der Waals surface area (Å²) in [6, 6.07) is 6.44. The zero-order chi connectivity index (χ0) is 16.6. The van der Waals surface area contributed by atoms with Gasteiger partial charge in [0.25, 0.3) is 0 Å². The van der Waals surface area contributed by atoms with Crippen molar-refractivity contribution >= 4 is 21.9 Å². The fraction of sp³-hybridized carbons (Fsp3) is 0.467. The second-order valence-electron chi connectivity index (χ2n) is 5.85. The molecule has 0 bridgehead atoms. The summed E-state index contributed by atoms with van der Waals surface area (Å²) in [4.78, 5) is 25.3. The van der Waals surface area contributed by atoms with Gasteiger partial charge in [-0.2, -0.15) is 4.31 Å². The van der Waals surface area contributed by atoms with Gasteiger partial charge in [-0.25, -0.2) is 13.2 Å². The molecule has 3 rings (SSSR count). The summed E-state index contributed by atoms with van der Waals surface area (Å²) in [6.45, 7) is 0.227. The Morgan fingerprint density at radius 3 is 2.52 bits per heavy atom. The number of hydrogen-bond donors (Lipinski definition) is 1. The minimum atomic E-state index is -3.38. The van der Waals surface area contributed by atoms with Gasteiger partial charge in [-0.15, -0.1) is 0 Å². The zero-order valence-corrected chi connectivity index (χ0v) is 13.3. The molecule has 0 saturated carbocycles. The van der Waals surface area contributed by atoms with Gasteiger partial charge in [-0.05, 0) is 17.5 Å². The minimum Gasteiger partial charge on any atom is -0.480 e. The molecule has 0 radical (unpaired) electrons. The monoisotopic (exact) mass is 338 g/mol. The molecule has 0 aliphatic carbocycles. The zero-order valence-electron chi connectivity index (χ0n) is 12.5. The number of rotatable bonds is 3. The van der Waals surface area contributed by atoms with Crippen LogP contribution in [0.3, 0.4) is 0 Å². The number of benzene rings is 1. The Bertz CT molecular complexity index is 746. The molecule has 0 unspecified atom stereocenters. The molecule has 8 heteroatoms. The maximum absolute atomic E-state index is 12.5. The topological polar surface area (TPSA) is 95.0 Å². The summed E-state index contributed by atoms with van der Waals surface area (Å²) >= 11 is 0. The van der Waals surface area contributed by atoms with E-state index in [4.69, 9.17) is 0 Å². The Labute approximate surface area is 134 Å². The highest BCUT2D eigenvalue weighted by molar-refractivity contribution is 7.89. The molecule has 2 aliphatic heterocycles. The number of sulfonamides is 1. The summed E-state index contributed by atoms with van der Waals surface area (Å²) < 4.78 is 24.8. The first kappa shape index (κ1) is 15.9. The van der Waals surface area contributed by atoms with Crippen molar-refractivity contribution in [2.45, 2.75) is 25.4 Å². The van der Waals surface area contributed by atoms with Gasteiger partial charge in [-0.3, -0.25) is 4.79 Å². The van der Waals surface area contributed by atoms with Gasteiger partial charge < -0.3 is 10.0 Å². The maximum atomic E-state index is 12.5.